The summed E-state index contributed by atoms with van der Waals surface area (Å²) in [6.07, 6.45) is -1.01. The van der Waals surface area contributed by atoms with Crippen LogP contribution in [0.25, 0.3) is 0 Å². The zero-order valence-corrected chi connectivity index (χ0v) is 17.6. The highest BCUT2D eigenvalue weighted by Crippen LogP contribution is 2.34. The Morgan fingerprint density at radius 2 is 1.72 bits per heavy atom. The quantitative estimate of drug-likeness (QED) is 0.430. The molecule has 9 heteroatoms. The number of carbonyl (C=O) groups excluding carboxylic acids is 4. The summed E-state index contributed by atoms with van der Waals surface area (Å²) in [4.78, 5) is 48.1. The molecule has 0 radical (unpaired) electrons. The Bertz CT molecular complexity index is 991. The highest BCUT2D eigenvalue weighted by Gasteiger charge is 2.20. The molecule has 0 saturated heterocycles. The van der Waals surface area contributed by atoms with Gasteiger partial charge in [-0.2, -0.15) is 0 Å². The molecule has 2 amide bonds. The molecule has 2 N–H and O–H groups in total. The van der Waals surface area contributed by atoms with Crippen LogP contribution < -0.4 is 20.1 Å². The molecule has 9 nitrogen and oxygen atoms in total. The van der Waals surface area contributed by atoms with E-state index in [-0.39, 0.29) is 44.3 Å². The third-order valence-corrected chi connectivity index (χ3v) is 4.64. The fourth-order valence-electron chi connectivity index (χ4n) is 2.92. The first kappa shape index (κ1) is 22.8. The van der Waals surface area contributed by atoms with Gasteiger partial charge in [-0.25, -0.2) is 0 Å². The lowest BCUT2D eigenvalue weighted by Gasteiger charge is -2.14. The first-order chi connectivity index (χ1) is 15.4. The highest BCUT2D eigenvalue weighted by molar-refractivity contribution is 5.98. The Morgan fingerprint density at radius 3 is 2.50 bits per heavy atom. The Labute approximate surface area is 185 Å². The molecule has 1 atom stereocenters. The van der Waals surface area contributed by atoms with E-state index in [0.717, 1.165) is 0 Å². The van der Waals surface area contributed by atoms with Crippen molar-refractivity contribution >= 4 is 29.3 Å². The van der Waals surface area contributed by atoms with Crippen LogP contribution in [-0.4, -0.2) is 43.0 Å². The predicted molar refractivity (Wildman–Crippen MR) is 114 cm³/mol. The van der Waals surface area contributed by atoms with Crippen LogP contribution in [0.4, 0.5) is 5.69 Å². The number of fused-ring (bicyclic) bond motifs is 1. The lowest BCUT2D eigenvalue weighted by molar-refractivity contribution is -0.153. The largest absolute Gasteiger partial charge is 0.454 e. The van der Waals surface area contributed by atoms with Gasteiger partial charge in [-0.15, -0.1) is 0 Å². The molecule has 32 heavy (non-hydrogen) atoms. The number of hydrogen-bond donors (Lipinski definition) is 2. The van der Waals surface area contributed by atoms with E-state index in [1.165, 1.54) is 6.92 Å². The van der Waals surface area contributed by atoms with Crippen LogP contribution in [-0.2, 0) is 19.1 Å². The van der Waals surface area contributed by atoms with E-state index in [4.69, 9.17) is 14.2 Å². The topological polar surface area (TPSA) is 120 Å². The zero-order valence-electron chi connectivity index (χ0n) is 17.6. The number of hydrogen-bond acceptors (Lipinski definition) is 7. The second kappa shape index (κ2) is 10.9. The van der Waals surface area contributed by atoms with Crippen LogP contribution in [0.15, 0.2) is 48.5 Å². The summed E-state index contributed by atoms with van der Waals surface area (Å²) >= 11 is 0. The highest BCUT2D eigenvalue weighted by atomic mass is 16.7. The Morgan fingerprint density at radius 1 is 0.969 bits per heavy atom. The molecule has 0 fully saturated rings. The van der Waals surface area contributed by atoms with Crippen LogP contribution in [0.2, 0.25) is 0 Å². The predicted octanol–water partition coefficient (Wildman–Crippen LogP) is 2.45. The maximum Gasteiger partial charge on any atom is 0.308 e. The second-order valence-electron chi connectivity index (χ2n) is 7.08. The fraction of sp³-hybridized carbons (Fsp3) is 0.304. The molecular formula is C23H24N2O7. The molecule has 1 aliphatic heterocycles. The summed E-state index contributed by atoms with van der Waals surface area (Å²) in [5.41, 5.74) is 1.04. The number of Topliss-reactive ketones (excluding diaryl/α,β-unsaturated/α-hetero) is 1. The fourth-order valence-corrected chi connectivity index (χ4v) is 2.92. The average Bonchev–Trinajstić information content (AvgIpc) is 3.26. The monoisotopic (exact) mass is 440 g/mol. The van der Waals surface area contributed by atoms with E-state index in [1.54, 1.807) is 42.5 Å². The van der Waals surface area contributed by atoms with Gasteiger partial charge in [0, 0.05) is 36.7 Å². The number of esters is 1. The first-order valence-electron chi connectivity index (χ1n) is 10.2. The number of rotatable bonds is 10. The molecule has 0 saturated carbocycles. The van der Waals surface area contributed by atoms with Crippen molar-refractivity contribution in [1.29, 1.82) is 0 Å². The molecule has 0 aromatic heterocycles. The van der Waals surface area contributed by atoms with Crippen molar-refractivity contribution in [2.75, 3.05) is 18.7 Å². The molecule has 1 aliphatic rings. The molecule has 2 aromatic carbocycles. The van der Waals surface area contributed by atoms with Crippen molar-refractivity contribution in [3.63, 3.8) is 0 Å². The van der Waals surface area contributed by atoms with Crippen LogP contribution in [0, 0.1) is 0 Å². The minimum absolute atomic E-state index is 0.0249. The first-order valence-corrected chi connectivity index (χ1v) is 10.2. The minimum Gasteiger partial charge on any atom is -0.454 e. The van der Waals surface area contributed by atoms with Crippen molar-refractivity contribution in [2.45, 2.75) is 32.3 Å². The smallest absolute Gasteiger partial charge is 0.308 e. The number of nitrogens with one attached hydrogen (secondary N) is 2. The number of amides is 2. The van der Waals surface area contributed by atoms with Gasteiger partial charge >= 0.3 is 5.97 Å². The SMILES string of the molecule is CC(OC(=O)CCNC(=O)CCC(=O)c1ccccc1)C(=O)Nc1ccc2c(c1)OCO2. The summed E-state index contributed by atoms with van der Waals surface area (Å²) in [6.45, 7) is 1.63. The number of anilines is 1. The summed E-state index contributed by atoms with van der Waals surface area (Å²) in [5, 5.41) is 5.21. The number of benzene rings is 2. The van der Waals surface area contributed by atoms with Crippen LogP contribution in [0.1, 0.15) is 36.5 Å². The van der Waals surface area contributed by atoms with E-state index in [2.05, 4.69) is 10.6 Å². The molecule has 2 aromatic rings. The number of ether oxygens (including phenoxy) is 3. The van der Waals surface area contributed by atoms with Crippen molar-refractivity contribution in [1.82, 2.24) is 5.32 Å². The molecule has 0 aliphatic carbocycles. The molecule has 1 heterocycles. The standard InChI is InChI=1S/C23H24N2O7/c1-15(23(29)25-17-7-9-19-20(13-17)31-14-30-19)32-22(28)11-12-24-21(27)10-8-18(26)16-5-3-2-4-6-16/h2-7,9,13,15H,8,10-12,14H2,1H3,(H,24,27)(H,25,29). The normalized spacial score (nSPS) is 12.5. The van der Waals surface area contributed by atoms with Crippen molar-refractivity contribution < 1.29 is 33.4 Å². The Kier molecular flexibility index (Phi) is 7.80. The average molecular weight is 440 g/mol. The van der Waals surface area contributed by atoms with Crippen LogP contribution >= 0.6 is 0 Å². The van der Waals surface area contributed by atoms with Gasteiger partial charge < -0.3 is 24.8 Å². The van der Waals surface area contributed by atoms with E-state index >= 15 is 0 Å². The zero-order chi connectivity index (χ0) is 22.9. The van der Waals surface area contributed by atoms with Gasteiger partial charge in [-0.1, -0.05) is 30.3 Å². The van der Waals surface area contributed by atoms with Gasteiger partial charge in [0.1, 0.15) is 0 Å². The van der Waals surface area contributed by atoms with Gasteiger partial charge in [0.25, 0.3) is 5.91 Å². The third-order valence-electron chi connectivity index (χ3n) is 4.64. The lowest BCUT2D eigenvalue weighted by Crippen LogP contribution is -2.32. The molecule has 1 unspecified atom stereocenters. The van der Waals surface area contributed by atoms with Gasteiger partial charge in [-0.3, -0.25) is 19.2 Å². The number of carbonyl (C=O) groups is 4. The van der Waals surface area contributed by atoms with Gasteiger partial charge in [0.15, 0.2) is 23.4 Å². The van der Waals surface area contributed by atoms with Crippen molar-refractivity contribution in [3.05, 3.63) is 54.1 Å². The maximum absolute atomic E-state index is 12.2. The minimum atomic E-state index is -1.02. The summed E-state index contributed by atoms with van der Waals surface area (Å²) < 4.78 is 15.6. The van der Waals surface area contributed by atoms with E-state index < -0.39 is 18.0 Å². The van der Waals surface area contributed by atoms with Crippen molar-refractivity contribution in [2.24, 2.45) is 0 Å². The second-order valence-corrected chi connectivity index (χ2v) is 7.08. The van der Waals surface area contributed by atoms with Gasteiger partial charge in [0.2, 0.25) is 12.7 Å². The van der Waals surface area contributed by atoms with Gasteiger partial charge in [0.05, 0.1) is 6.42 Å². The Balaban J connectivity index is 1.32. The molecular weight excluding hydrogens is 416 g/mol. The van der Waals surface area contributed by atoms with E-state index in [9.17, 15) is 19.2 Å². The summed E-state index contributed by atoms with van der Waals surface area (Å²) in [7, 11) is 0. The van der Waals surface area contributed by atoms with Crippen molar-refractivity contribution in [3.8, 4) is 11.5 Å². The van der Waals surface area contributed by atoms with Gasteiger partial charge in [-0.05, 0) is 19.1 Å². The van der Waals surface area contributed by atoms with E-state index in [0.29, 0.717) is 22.7 Å². The van der Waals surface area contributed by atoms with E-state index in [1.807, 2.05) is 6.07 Å². The summed E-state index contributed by atoms with van der Waals surface area (Å²) in [6, 6.07) is 13.7. The molecule has 168 valence electrons. The molecule has 0 bridgehead atoms. The Hall–Kier alpha value is -3.88. The summed E-state index contributed by atoms with van der Waals surface area (Å²) in [5.74, 6) is -0.472. The lowest BCUT2D eigenvalue weighted by atomic mass is 10.1. The third kappa shape index (κ3) is 6.56. The maximum atomic E-state index is 12.2. The number of ketones is 1. The molecule has 0 spiro atoms. The molecule has 3 rings (SSSR count). The van der Waals surface area contributed by atoms with Crippen LogP contribution in [0.3, 0.4) is 0 Å². The van der Waals surface area contributed by atoms with Crippen LogP contribution in [0.5, 0.6) is 11.5 Å².